The topological polar surface area (TPSA) is 58.6 Å². The molecule has 0 radical (unpaired) electrons. The van der Waals surface area contributed by atoms with Gasteiger partial charge in [-0.3, -0.25) is 9.59 Å². The molecule has 1 fully saturated rings. The first kappa shape index (κ1) is 19.5. The van der Waals surface area contributed by atoms with Crippen molar-refractivity contribution in [2.75, 3.05) is 11.9 Å². The Morgan fingerprint density at radius 2 is 2.04 bits per heavy atom. The molecule has 142 valence electrons. The number of amides is 2. The summed E-state index contributed by atoms with van der Waals surface area (Å²) in [6.07, 6.45) is 0.748. The molecule has 1 atom stereocenters. The third kappa shape index (κ3) is 4.93. The van der Waals surface area contributed by atoms with E-state index in [0.29, 0.717) is 29.4 Å². The molecule has 0 aromatic heterocycles. The van der Waals surface area contributed by atoms with Gasteiger partial charge in [-0.25, -0.2) is 0 Å². The van der Waals surface area contributed by atoms with Crippen LogP contribution in [-0.4, -0.2) is 29.4 Å². The van der Waals surface area contributed by atoms with E-state index in [2.05, 4.69) is 5.32 Å². The van der Waals surface area contributed by atoms with Gasteiger partial charge in [0.1, 0.15) is 10.8 Å². The van der Waals surface area contributed by atoms with Gasteiger partial charge in [-0.1, -0.05) is 41.4 Å². The summed E-state index contributed by atoms with van der Waals surface area (Å²) in [5.41, 5.74) is 1.62. The van der Waals surface area contributed by atoms with E-state index in [1.807, 2.05) is 23.1 Å². The smallest absolute Gasteiger partial charge is 0.265 e. The molecule has 1 unspecified atom stereocenters. The number of carbonyl (C=O) groups excluding carboxylic acids is 2. The number of nitrogens with zero attached hydrogens (tertiary/aromatic N) is 1. The van der Waals surface area contributed by atoms with E-state index in [0.717, 1.165) is 18.5 Å². The number of anilines is 1. The lowest BCUT2D eigenvalue weighted by atomic mass is 10.2. The second-order valence-electron chi connectivity index (χ2n) is 6.42. The van der Waals surface area contributed by atoms with Gasteiger partial charge >= 0.3 is 0 Å². The van der Waals surface area contributed by atoms with Crippen LogP contribution in [-0.2, 0) is 16.1 Å². The maximum atomic E-state index is 12.4. The normalized spacial score (nSPS) is 14.9. The van der Waals surface area contributed by atoms with Crippen LogP contribution in [0, 0.1) is 0 Å². The van der Waals surface area contributed by atoms with Gasteiger partial charge in [-0.05, 0) is 43.2 Å². The minimum Gasteiger partial charge on any atom is -0.479 e. The minimum atomic E-state index is -0.759. The Hall–Kier alpha value is -2.24. The van der Waals surface area contributed by atoms with E-state index in [1.165, 1.54) is 0 Å². The molecule has 2 aromatic rings. The van der Waals surface area contributed by atoms with E-state index in [9.17, 15) is 9.59 Å². The summed E-state index contributed by atoms with van der Waals surface area (Å²) in [6, 6.07) is 12.5. The molecule has 0 saturated carbocycles. The van der Waals surface area contributed by atoms with Crippen LogP contribution in [0.25, 0.3) is 0 Å². The van der Waals surface area contributed by atoms with Crippen LogP contribution in [0.5, 0.6) is 5.75 Å². The first-order chi connectivity index (χ1) is 12.9. The van der Waals surface area contributed by atoms with Crippen molar-refractivity contribution >= 4 is 40.7 Å². The molecule has 1 saturated heterocycles. The van der Waals surface area contributed by atoms with Crippen molar-refractivity contribution in [2.45, 2.75) is 32.4 Å². The second kappa shape index (κ2) is 8.63. The molecule has 2 amide bonds. The maximum Gasteiger partial charge on any atom is 0.265 e. The highest BCUT2D eigenvalue weighted by molar-refractivity contribution is 6.42. The summed E-state index contributed by atoms with van der Waals surface area (Å²) < 4.78 is 5.63. The third-order valence-corrected chi connectivity index (χ3v) is 5.13. The summed E-state index contributed by atoms with van der Waals surface area (Å²) in [6.45, 7) is 2.97. The first-order valence-corrected chi connectivity index (χ1v) is 9.48. The number of hydrogen-bond donors (Lipinski definition) is 1. The Labute approximate surface area is 168 Å². The Morgan fingerprint density at radius 3 is 2.78 bits per heavy atom. The van der Waals surface area contributed by atoms with Crippen LogP contribution in [0.15, 0.2) is 42.5 Å². The molecule has 1 aliphatic heterocycles. The summed E-state index contributed by atoms with van der Waals surface area (Å²) in [5.74, 6) is 0.221. The van der Waals surface area contributed by atoms with Gasteiger partial charge in [-0.2, -0.15) is 0 Å². The van der Waals surface area contributed by atoms with Crippen LogP contribution >= 0.6 is 23.2 Å². The fourth-order valence-electron chi connectivity index (χ4n) is 2.90. The lowest BCUT2D eigenvalue weighted by Gasteiger charge is -2.18. The zero-order valence-corrected chi connectivity index (χ0v) is 16.4. The zero-order valence-electron chi connectivity index (χ0n) is 14.9. The molecule has 0 spiro atoms. The van der Waals surface area contributed by atoms with Crippen molar-refractivity contribution in [3.8, 4) is 5.75 Å². The van der Waals surface area contributed by atoms with Gasteiger partial charge in [-0.15, -0.1) is 0 Å². The summed E-state index contributed by atoms with van der Waals surface area (Å²) >= 11 is 12.1. The van der Waals surface area contributed by atoms with Crippen molar-refractivity contribution in [1.29, 1.82) is 0 Å². The number of nitrogens with one attached hydrogen (secondary N) is 1. The van der Waals surface area contributed by atoms with Gasteiger partial charge in [0, 0.05) is 25.2 Å². The summed E-state index contributed by atoms with van der Waals surface area (Å²) in [4.78, 5) is 26.0. The Kier molecular flexibility index (Phi) is 6.24. The van der Waals surface area contributed by atoms with Crippen molar-refractivity contribution in [2.24, 2.45) is 0 Å². The summed E-state index contributed by atoms with van der Waals surface area (Å²) in [5, 5.41) is 3.47. The van der Waals surface area contributed by atoms with Crippen molar-refractivity contribution in [3.63, 3.8) is 0 Å². The highest BCUT2D eigenvalue weighted by Gasteiger charge is 2.21. The number of halogens is 2. The predicted molar refractivity (Wildman–Crippen MR) is 106 cm³/mol. The molecule has 0 aliphatic carbocycles. The van der Waals surface area contributed by atoms with Crippen molar-refractivity contribution in [1.82, 2.24) is 4.90 Å². The molecular formula is C20H20Cl2N2O3. The van der Waals surface area contributed by atoms with Crippen LogP contribution in [0.4, 0.5) is 5.69 Å². The van der Waals surface area contributed by atoms with E-state index >= 15 is 0 Å². The number of carbonyl (C=O) groups is 2. The van der Waals surface area contributed by atoms with Crippen LogP contribution in [0.1, 0.15) is 25.3 Å². The number of rotatable bonds is 6. The molecule has 1 aliphatic rings. The molecule has 5 nitrogen and oxygen atoms in total. The van der Waals surface area contributed by atoms with E-state index in [4.69, 9.17) is 27.9 Å². The van der Waals surface area contributed by atoms with E-state index in [-0.39, 0.29) is 16.8 Å². The average Bonchev–Trinajstić information content (AvgIpc) is 3.04. The molecule has 3 rings (SSSR count). The molecule has 27 heavy (non-hydrogen) atoms. The van der Waals surface area contributed by atoms with Crippen LogP contribution < -0.4 is 10.1 Å². The third-order valence-electron chi connectivity index (χ3n) is 4.33. The van der Waals surface area contributed by atoms with Crippen molar-refractivity contribution < 1.29 is 14.3 Å². The highest BCUT2D eigenvalue weighted by atomic mass is 35.5. The average molecular weight is 407 g/mol. The van der Waals surface area contributed by atoms with Crippen LogP contribution in [0.3, 0.4) is 0 Å². The zero-order chi connectivity index (χ0) is 19.4. The molecule has 7 heteroatoms. The SMILES string of the molecule is CC(Oc1cccc(Cl)c1Cl)C(=O)Nc1cccc(CN2CCCC2=O)c1. The Morgan fingerprint density at radius 1 is 1.26 bits per heavy atom. The fourth-order valence-corrected chi connectivity index (χ4v) is 3.24. The highest BCUT2D eigenvalue weighted by Crippen LogP contribution is 2.32. The maximum absolute atomic E-state index is 12.4. The lowest BCUT2D eigenvalue weighted by Crippen LogP contribution is -2.30. The monoisotopic (exact) mass is 406 g/mol. The van der Waals surface area contributed by atoms with Gasteiger partial charge in [0.2, 0.25) is 5.91 Å². The minimum absolute atomic E-state index is 0.171. The van der Waals surface area contributed by atoms with Gasteiger partial charge in [0.15, 0.2) is 6.10 Å². The number of benzene rings is 2. The van der Waals surface area contributed by atoms with Crippen LogP contribution in [0.2, 0.25) is 10.0 Å². The van der Waals surface area contributed by atoms with E-state index in [1.54, 1.807) is 31.2 Å². The fraction of sp³-hybridized carbons (Fsp3) is 0.300. The van der Waals surface area contributed by atoms with E-state index < -0.39 is 6.10 Å². The quantitative estimate of drug-likeness (QED) is 0.766. The standard InChI is InChI=1S/C20H20Cl2N2O3/c1-13(27-17-8-3-7-16(21)19(17)22)20(26)23-15-6-2-5-14(11-15)12-24-10-4-9-18(24)25/h2-3,5-8,11,13H,4,9-10,12H2,1H3,(H,23,26). The molecule has 0 bridgehead atoms. The number of ether oxygens (including phenoxy) is 1. The lowest BCUT2D eigenvalue weighted by molar-refractivity contribution is -0.128. The van der Waals surface area contributed by atoms with Gasteiger partial charge in [0.25, 0.3) is 5.91 Å². The molecule has 1 N–H and O–H groups in total. The van der Waals surface area contributed by atoms with Gasteiger partial charge < -0.3 is 15.0 Å². The van der Waals surface area contributed by atoms with Gasteiger partial charge in [0.05, 0.1) is 5.02 Å². The molecule has 2 aromatic carbocycles. The number of hydrogen-bond acceptors (Lipinski definition) is 3. The molecule has 1 heterocycles. The summed E-state index contributed by atoms with van der Waals surface area (Å²) in [7, 11) is 0. The second-order valence-corrected chi connectivity index (χ2v) is 7.21. The molecular weight excluding hydrogens is 387 g/mol. The van der Waals surface area contributed by atoms with Crippen molar-refractivity contribution in [3.05, 3.63) is 58.1 Å². The number of likely N-dealkylation sites (tertiary alicyclic amines) is 1. The largest absolute Gasteiger partial charge is 0.479 e. The Bertz CT molecular complexity index is 857. The predicted octanol–water partition coefficient (Wildman–Crippen LogP) is 4.52. The first-order valence-electron chi connectivity index (χ1n) is 8.72. The Balaban J connectivity index is 1.62.